The molecule has 0 radical (unpaired) electrons. The first-order chi connectivity index (χ1) is 48.4. The molecule has 0 amide bonds. The molecule has 3 aromatic heterocycles. The SMILES string of the molecule is CO.COC(=O)c1ccc2nc(-c3ccccc3)c(Br)nc2c1.COC(=O)c1ccc2nc(-c3ccccc3)c(N3CCc4ccccc4C3)nc2c1.O=C(O)c1ccc2nc(-c3ccccc3)c(N3CCc4ccccc4C3)nc2c1.O=CO[O-].[2H]CF.[H-].[K+].[K+].c1ccc2c(c1)CCNC2. The van der Waals surface area contributed by atoms with Gasteiger partial charge in [0.05, 0.1) is 72.5 Å². The Morgan fingerprint density at radius 3 is 1.24 bits per heavy atom. The van der Waals surface area contributed by atoms with Gasteiger partial charge in [-0.15, -0.1) is 0 Å². The van der Waals surface area contributed by atoms with Gasteiger partial charge < -0.3 is 46.4 Å². The zero-order chi connectivity index (χ0) is 70.0. The molecule has 500 valence electrons. The van der Waals surface area contributed by atoms with Crippen LogP contribution in [0.4, 0.5) is 16.0 Å². The number of fused-ring (bicyclic) bond motifs is 6. The first kappa shape index (κ1) is 77.8. The Kier molecular flexibility index (Phi) is 31.5. The summed E-state index contributed by atoms with van der Waals surface area (Å²) in [5.74, 6) is -0.0958. The maximum Gasteiger partial charge on any atom is 1.00 e. The second-order valence-electron chi connectivity index (χ2n) is 21.9. The minimum absolute atomic E-state index is 0. The van der Waals surface area contributed by atoms with Crippen molar-refractivity contribution in [2.75, 3.05) is 57.9 Å². The van der Waals surface area contributed by atoms with Gasteiger partial charge in [0.2, 0.25) is 0 Å². The number of methoxy groups -OCH3 is 2. The van der Waals surface area contributed by atoms with Crippen molar-refractivity contribution in [3.8, 4) is 33.8 Å². The van der Waals surface area contributed by atoms with E-state index in [1.54, 1.807) is 48.5 Å². The molecule has 0 aliphatic carbocycles. The molecular formula is C77H71BrFK2N9O10. The third-order valence-corrected chi connectivity index (χ3v) is 16.6. The number of alkyl halides is 1. The number of nitrogens with one attached hydrogen (secondary N) is 1. The van der Waals surface area contributed by atoms with E-state index >= 15 is 0 Å². The van der Waals surface area contributed by atoms with Crippen molar-refractivity contribution < 1.29 is 159 Å². The Morgan fingerprint density at radius 2 is 0.850 bits per heavy atom. The van der Waals surface area contributed by atoms with E-state index in [1.165, 1.54) is 54.0 Å². The minimum Gasteiger partial charge on any atom is -1.00 e. The van der Waals surface area contributed by atoms with Crippen LogP contribution in [0.3, 0.4) is 0 Å². The summed E-state index contributed by atoms with van der Waals surface area (Å²) in [6.45, 7) is 5.26. The van der Waals surface area contributed by atoms with Crippen molar-refractivity contribution in [3.05, 3.63) is 273 Å². The fraction of sp³-hybridized carbons (Fsp3) is 0.169. The standard InChI is InChI=1S/C25H21N3O2.C24H19N3O2.C16H11BrN2O2.C9H11N.CH3F.CH2O3.CH4O.2K.H/c1-30-25(29)19-11-12-21-22(15-19)27-24(23(26-21)18-8-3-2-4-9-18)28-14-13-17-7-5-6-10-20(17)16-28;28-24(29)18-10-11-20-21(14-18)26-23(22(25-20)17-7-2-1-3-8-17)27-13-12-16-6-4-5-9-19(16)15-27;1-21-16(20)11-7-8-12-13(9-11)19-15(17)14(18-12)10-5-3-2-4-6-10;1-2-4-9-7-10-6-5-8(9)3-1;1-2;2-1-4-3;1-2;;;/h2-12,15H,13-14,16H2,1H3;1-11,14H,12-13,15H2,(H,28,29);2-9H,1H3;1-4,10H,5-7H2;1H3;1,3H;2H,1H3;;;/q;;;;;;;2*+1;-1/p-1/i;;;;1D;;;;;. The number of halogens is 2. The van der Waals surface area contributed by atoms with Crippen LogP contribution in [0, 0.1) is 0 Å². The molecule has 0 atom stereocenters. The smallest absolute Gasteiger partial charge is 1.00 e. The largest absolute Gasteiger partial charge is 1.00 e. The molecule has 15 rings (SSSR count). The average Bonchev–Trinajstić information content (AvgIpc) is 0.780. The average molecular weight is 1460 g/mol. The van der Waals surface area contributed by atoms with Gasteiger partial charge in [-0.05, 0) is 130 Å². The van der Waals surface area contributed by atoms with Crippen molar-refractivity contribution in [3.63, 3.8) is 0 Å². The van der Waals surface area contributed by atoms with Crippen LogP contribution in [0.25, 0.3) is 66.9 Å². The monoisotopic (exact) mass is 1460 g/mol. The van der Waals surface area contributed by atoms with Gasteiger partial charge in [0, 0.05) is 56.5 Å². The summed E-state index contributed by atoms with van der Waals surface area (Å²) in [6, 6.07) is 70.9. The Balaban J connectivity index is 0.000000212. The maximum atomic E-state index is 12.0. The predicted octanol–water partition coefficient (Wildman–Crippen LogP) is 7.13. The van der Waals surface area contributed by atoms with E-state index in [1.807, 2.05) is 84.9 Å². The van der Waals surface area contributed by atoms with Crippen LogP contribution in [0.1, 0.15) is 67.3 Å². The van der Waals surface area contributed by atoms with E-state index in [2.05, 4.69) is 131 Å². The molecule has 0 unspecified atom stereocenters. The third kappa shape index (κ3) is 20.6. The number of carbonyl (C=O) groups is 4. The quantitative estimate of drug-likeness (QED) is 0.0427. The number of aliphatic hydroxyl groups excluding tert-OH is 1. The Hall–Kier alpha value is -7.96. The first-order valence-corrected chi connectivity index (χ1v) is 31.8. The molecular weight excluding hydrogens is 1390 g/mol. The Labute approximate surface area is 675 Å². The number of esters is 2. The van der Waals surface area contributed by atoms with Crippen LogP contribution in [-0.4, -0.2) is 113 Å². The normalized spacial score (nSPS) is 12.1. The molecule has 0 saturated heterocycles. The summed E-state index contributed by atoms with van der Waals surface area (Å²) >= 11 is 3.44. The summed E-state index contributed by atoms with van der Waals surface area (Å²) in [6.07, 6.45) is 3.10. The van der Waals surface area contributed by atoms with Crippen molar-refractivity contribution in [1.29, 1.82) is 0 Å². The first-order valence-electron chi connectivity index (χ1n) is 31.7. The molecule has 23 heteroatoms. The van der Waals surface area contributed by atoms with Gasteiger partial charge in [-0.3, -0.25) is 9.18 Å². The van der Waals surface area contributed by atoms with E-state index < -0.39 is 13.1 Å². The summed E-state index contributed by atoms with van der Waals surface area (Å²) < 4.78 is 25.7. The van der Waals surface area contributed by atoms with Crippen LogP contribution in [0.5, 0.6) is 0 Å². The van der Waals surface area contributed by atoms with E-state index in [0.29, 0.717) is 37.8 Å². The van der Waals surface area contributed by atoms with Gasteiger partial charge in [0.15, 0.2) is 11.6 Å². The number of carbonyl (C=O) groups excluding carboxylic acids is 3. The third-order valence-electron chi connectivity index (χ3n) is 16.0. The number of carboxylic acids is 1. The number of benzene rings is 9. The number of ether oxygens (including phenoxy) is 2. The molecule has 19 nitrogen and oxygen atoms in total. The van der Waals surface area contributed by atoms with Gasteiger partial charge in [0.1, 0.15) is 21.7 Å². The number of aliphatic hydroxyl groups is 1. The van der Waals surface area contributed by atoms with Crippen molar-refractivity contribution in [2.24, 2.45) is 0 Å². The molecule has 0 fully saturated rings. The van der Waals surface area contributed by atoms with E-state index in [4.69, 9.17) is 45.9 Å². The zero-order valence-electron chi connectivity index (χ0n) is 57.9. The van der Waals surface area contributed by atoms with Crippen molar-refractivity contribution in [1.82, 2.24) is 35.2 Å². The van der Waals surface area contributed by atoms with E-state index in [-0.39, 0.29) is 128 Å². The zero-order valence-corrected chi connectivity index (χ0v) is 63.8. The second-order valence-corrected chi connectivity index (χ2v) is 22.7. The number of aromatic nitrogens is 6. The maximum absolute atomic E-state index is 12.0. The number of hydrogen-bond acceptors (Lipinski definition) is 18. The van der Waals surface area contributed by atoms with Crippen molar-refractivity contribution >= 4 is 85.0 Å². The molecule has 100 heavy (non-hydrogen) atoms. The molecule has 0 bridgehead atoms. The van der Waals surface area contributed by atoms with Crippen molar-refractivity contribution in [2.45, 2.75) is 38.9 Å². The van der Waals surface area contributed by atoms with Gasteiger partial charge in [-0.2, -0.15) is 0 Å². The van der Waals surface area contributed by atoms with Gasteiger partial charge in [0.25, 0.3) is 6.47 Å². The molecule has 9 aromatic carbocycles. The van der Waals surface area contributed by atoms with Crippen LogP contribution in [-0.2, 0) is 58.1 Å². The van der Waals surface area contributed by atoms with Crippen LogP contribution in [0.2, 0.25) is 0 Å². The minimum atomic E-state index is -1.00. The number of carboxylic acid groups (broad SMARTS) is 1. The molecule has 6 heterocycles. The Bertz CT molecular complexity index is 4720. The second kappa shape index (κ2) is 40.5. The predicted molar refractivity (Wildman–Crippen MR) is 380 cm³/mol. The van der Waals surface area contributed by atoms with E-state index in [9.17, 15) is 23.9 Å². The van der Waals surface area contributed by atoms with Crippen LogP contribution in [0.15, 0.2) is 223 Å². The Morgan fingerprint density at radius 1 is 0.510 bits per heavy atom. The molecule has 12 aromatic rings. The topological polar surface area (TPSA) is 255 Å². The molecule has 0 spiro atoms. The van der Waals surface area contributed by atoms with Gasteiger partial charge in [-0.1, -0.05) is 164 Å². The summed E-state index contributed by atoms with van der Waals surface area (Å²) in [5, 5.41) is 28.1. The molecule has 3 aliphatic rings. The molecule has 3 N–H and O–H groups in total. The summed E-state index contributed by atoms with van der Waals surface area (Å²) in [4.78, 5) is 79.5. The molecule has 3 aliphatic heterocycles. The summed E-state index contributed by atoms with van der Waals surface area (Å²) in [5.41, 5.74) is 19.0. The fourth-order valence-electron chi connectivity index (χ4n) is 11.3. The fourth-order valence-corrected chi connectivity index (χ4v) is 11.8. The number of anilines is 2. The van der Waals surface area contributed by atoms with E-state index in [0.717, 1.165) is 116 Å². The number of hydrogen-bond donors (Lipinski definition) is 3. The molecule has 0 saturated carbocycles. The summed E-state index contributed by atoms with van der Waals surface area (Å²) in [7, 11) is 2.74. The van der Waals surface area contributed by atoms with Gasteiger partial charge in [-0.25, -0.2) is 44.3 Å². The van der Waals surface area contributed by atoms with Gasteiger partial charge >= 0.3 is 121 Å². The number of aromatic carboxylic acids is 1. The van der Waals surface area contributed by atoms with Crippen LogP contribution >= 0.6 is 15.9 Å². The number of rotatable bonds is 9. The van der Waals surface area contributed by atoms with Crippen LogP contribution < -0.4 is 123 Å². The number of nitrogens with zero attached hydrogens (tertiary/aromatic N) is 8.